The van der Waals surface area contributed by atoms with Crippen molar-refractivity contribution in [3.05, 3.63) is 64.5 Å². The maximum absolute atomic E-state index is 13.9. The number of halogens is 1. The molecule has 0 aromatic heterocycles. The summed E-state index contributed by atoms with van der Waals surface area (Å²) in [4.78, 5) is 0. The largest absolute Gasteiger partial charge is 0.494 e. The number of rotatable bonds is 4. The van der Waals surface area contributed by atoms with Gasteiger partial charge in [-0.3, -0.25) is 0 Å². The smallest absolute Gasteiger partial charge is 0.165 e. The molecule has 0 radical (unpaired) electrons. The third-order valence-corrected chi connectivity index (χ3v) is 3.66. The van der Waals surface area contributed by atoms with E-state index < -0.39 is 0 Å². The Morgan fingerprint density at radius 1 is 1.00 bits per heavy atom. The summed E-state index contributed by atoms with van der Waals surface area (Å²) in [6.45, 7) is 4.17. The Kier molecular flexibility index (Phi) is 4.40. The lowest BCUT2D eigenvalue weighted by Gasteiger charge is -2.19. The van der Waals surface area contributed by atoms with Crippen molar-refractivity contribution in [1.82, 2.24) is 5.32 Å². The van der Waals surface area contributed by atoms with Crippen LogP contribution in [0, 0.1) is 19.7 Å². The Morgan fingerprint density at radius 3 is 2.20 bits per heavy atom. The van der Waals surface area contributed by atoms with Crippen LogP contribution < -0.4 is 10.1 Å². The first kappa shape index (κ1) is 14.5. The summed E-state index contributed by atoms with van der Waals surface area (Å²) in [7, 11) is 3.35. The lowest BCUT2D eigenvalue weighted by Crippen LogP contribution is -2.18. The molecule has 0 aliphatic rings. The van der Waals surface area contributed by atoms with Crippen LogP contribution in [0.4, 0.5) is 4.39 Å². The highest BCUT2D eigenvalue weighted by Gasteiger charge is 2.14. The number of ether oxygens (including phenoxy) is 1. The summed E-state index contributed by atoms with van der Waals surface area (Å²) in [5.41, 5.74) is 4.50. The van der Waals surface area contributed by atoms with E-state index >= 15 is 0 Å². The normalized spacial score (nSPS) is 12.2. The third-order valence-electron chi connectivity index (χ3n) is 3.66. The minimum atomic E-state index is -0.339. The molecule has 2 aromatic carbocycles. The zero-order chi connectivity index (χ0) is 14.7. The average Bonchev–Trinajstić information content (AvgIpc) is 2.44. The van der Waals surface area contributed by atoms with Gasteiger partial charge in [0.25, 0.3) is 0 Å². The second kappa shape index (κ2) is 6.06. The Labute approximate surface area is 119 Å². The van der Waals surface area contributed by atoms with Crippen LogP contribution in [0.1, 0.15) is 28.3 Å². The standard InChI is InChI=1S/C17H20FNO/c1-11-5-6-13(9-12(11)2)17(19-3)14-7-8-16(20-4)15(18)10-14/h5-10,17,19H,1-4H3. The molecule has 3 heteroatoms. The van der Waals surface area contributed by atoms with Crippen LogP contribution in [0.25, 0.3) is 0 Å². The number of benzene rings is 2. The highest BCUT2D eigenvalue weighted by Crippen LogP contribution is 2.27. The topological polar surface area (TPSA) is 21.3 Å². The molecule has 0 amide bonds. The Balaban J connectivity index is 2.41. The van der Waals surface area contributed by atoms with Gasteiger partial charge in [0.05, 0.1) is 13.2 Å². The van der Waals surface area contributed by atoms with E-state index in [9.17, 15) is 4.39 Å². The molecule has 0 aliphatic carbocycles. The van der Waals surface area contributed by atoms with E-state index in [0.29, 0.717) is 0 Å². The van der Waals surface area contributed by atoms with Crippen molar-refractivity contribution in [2.75, 3.05) is 14.2 Å². The van der Waals surface area contributed by atoms with Crippen molar-refractivity contribution in [1.29, 1.82) is 0 Å². The van der Waals surface area contributed by atoms with E-state index in [1.807, 2.05) is 13.1 Å². The van der Waals surface area contributed by atoms with Crippen molar-refractivity contribution < 1.29 is 9.13 Å². The molecule has 0 saturated carbocycles. The van der Waals surface area contributed by atoms with E-state index in [1.54, 1.807) is 6.07 Å². The number of nitrogens with one attached hydrogen (secondary N) is 1. The minimum absolute atomic E-state index is 0.0327. The van der Waals surface area contributed by atoms with Gasteiger partial charge < -0.3 is 10.1 Å². The molecule has 1 unspecified atom stereocenters. The first-order valence-electron chi connectivity index (χ1n) is 6.64. The molecule has 0 aliphatic heterocycles. The highest BCUT2D eigenvalue weighted by molar-refractivity contribution is 5.39. The second-order valence-corrected chi connectivity index (χ2v) is 4.96. The molecule has 0 spiro atoms. The van der Waals surface area contributed by atoms with Gasteiger partial charge >= 0.3 is 0 Å². The fourth-order valence-electron chi connectivity index (χ4n) is 2.33. The minimum Gasteiger partial charge on any atom is -0.494 e. The monoisotopic (exact) mass is 273 g/mol. The van der Waals surface area contributed by atoms with E-state index in [0.717, 1.165) is 11.1 Å². The third kappa shape index (κ3) is 2.83. The molecular weight excluding hydrogens is 253 g/mol. The Bertz CT molecular complexity index is 610. The maximum Gasteiger partial charge on any atom is 0.165 e. The maximum atomic E-state index is 13.9. The van der Waals surface area contributed by atoms with Crippen LogP contribution in [-0.4, -0.2) is 14.2 Å². The number of methoxy groups -OCH3 is 1. The van der Waals surface area contributed by atoms with Gasteiger partial charge in [-0.15, -0.1) is 0 Å². The lowest BCUT2D eigenvalue weighted by atomic mass is 9.95. The first-order chi connectivity index (χ1) is 9.56. The molecule has 2 rings (SSSR count). The number of hydrogen-bond acceptors (Lipinski definition) is 2. The van der Waals surface area contributed by atoms with E-state index in [-0.39, 0.29) is 17.6 Å². The molecule has 2 aromatic rings. The molecule has 0 heterocycles. The van der Waals surface area contributed by atoms with Crippen molar-refractivity contribution >= 4 is 0 Å². The van der Waals surface area contributed by atoms with Crippen LogP contribution in [0.3, 0.4) is 0 Å². The van der Waals surface area contributed by atoms with Gasteiger partial charge in [0.1, 0.15) is 0 Å². The lowest BCUT2D eigenvalue weighted by molar-refractivity contribution is 0.386. The molecule has 0 saturated heterocycles. The van der Waals surface area contributed by atoms with Crippen LogP contribution in [0.15, 0.2) is 36.4 Å². The van der Waals surface area contributed by atoms with Gasteiger partial charge in [0, 0.05) is 0 Å². The van der Waals surface area contributed by atoms with Crippen LogP contribution >= 0.6 is 0 Å². The number of aryl methyl sites for hydroxylation is 2. The van der Waals surface area contributed by atoms with Crippen molar-refractivity contribution in [2.45, 2.75) is 19.9 Å². The highest BCUT2D eigenvalue weighted by atomic mass is 19.1. The summed E-state index contributed by atoms with van der Waals surface area (Å²) in [5.74, 6) is -0.0715. The fraction of sp³-hybridized carbons (Fsp3) is 0.294. The van der Waals surface area contributed by atoms with Gasteiger partial charge in [0.15, 0.2) is 11.6 Å². The summed E-state index contributed by atoms with van der Waals surface area (Å²) >= 11 is 0. The van der Waals surface area contributed by atoms with Crippen LogP contribution in [0.2, 0.25) is 0 Å². The van der Waals surface area contributed by atoms with Gasteiger partial charge in [-0.2, -0.15) is 0 Å². The molecule has 2 nitrogen and oxygen atoms in total. The molecular formula is C17H20FNO. The molecule has 1 atom stereocenters. The second-order valence-electron chi connectivity index (χ2n) is 4.96. The van der Waals surface area contributed by atoms with Gasteiger partial charge in [-0.25, -0.2) is 4.39 Å². The zero-order valence-electron chi connectivity index (χ0n) is 12.3. The quantitative estimate of drug-likeness (QED) is 0.915. The van der Waals surface area contributed by atoms with Gasteiger partial charge in [-0.05, 0) is 55.3 Å². The van der Waals surface area contributed by atoms with E-state index in [2.05, 4.69) is 37.4 Å². The molecule has 20 heavy (non-hydrogen) atoms. The molecule has 0 fully saturated rings. The van der Waals surface area contributed by atoms with Crippen LogP contribution in [-0.2, 0) is 0 Å². The predicted octanol–water partition coefficient (Wildman–Crippen LogP) is 3.76. The van der Waals surface area contributed by atoms with Crippen molar-refractivity contribution in [3.8, 4) is 5.75 Å². The fourth-order valence-corrected chi connectivity index (χ4v) is 2.33. The molecule has 0 bridgehead atoms. The average molecular weight is 273 g/mol. The van der Waals surface area contributed by atoms with Crippen molar-refractivity contribution in [2.24, 2.45) is 0 Å². The molecule has 106 valence electrons. The van der Waals surface area contributed by atoms with Gasteiger partial charge in [-0.1, -0.05) is 24.3 Å². The summed E-state index contributed by atoms with van der Waals surface area (Å²) in [5, 5.41) is 3.24. The predicted molar refractivity (Wildman–Crippen MR) is 79.8 cm³/mol. The molecule has 1 N–H and O–H groups in total. The number of hydrogen-bond donors (Lipinski definition) is 1. The summed E-state index contributed by atoms with van der Waals surface area (Å²) in [6.07, 6.45) is 0. The zero-order valence-corrected chi connectivity index (χ0v) is 12.3. The Morgan fingerprint density at radius 2 is 1.65 bits per heavy atom. The summed E-state index contributed by atoms with van der Waals surface area (Å²) < 4.78 is 18.8. The first-order valence-corrected chi connectivity index (χ1v) is 6.64. The van der Waals surface area contributed by atoms with Crippen LogP contribution in [0.5, 0.6) is 5.75 Å². The summed E-state index contributed by atoms with van der Waals surface area (Å²) in [6, 6.07) is 11.3. The van der Waals surface area contributed by atoms with Gasteiger partial charge in [0.2, 0.25) is 0 Å². The SMILES string of the molecule is CNC(c1ccc(C)c(C)c1)c1ccc(OC)c(F)c1. The van der Waals surface area contributed by atoms with E-state index in [4.69, 9.17) is 4.74 Å². The Hall–Kier alpha value is -1.87. The van der Waals surface area contributed by atoms with E-state index in [1.165, 1.54) is 24.3 Å². The van der Waals surface area contributed by atoms with Crippen molar-refractivity contribution in [3.63, 3.8) is 0 Å².